The average Bonchev–Trinajstić information content (AvgIpc) is 2.69. The maximum absolute atomic E-state index is 11.4. The SMILES string of the molecule is Cn1c(=O)oc2ccc(Nc3ccc(Br)cn3)cc21. The molecular formula is C13H10BrN3O2. The van der Waals surface area contributed by atoms with E-state index in [1.165, 1.54) is 4.57 Å². The number of fused-ring (bicyclic) bond motifs is 1. The van der Waals surface area contributed by atoms with Crippen LogP contribution in [0, 0.1) is 0 Å². The third kappa shape index (κ3) is 2.26. The predicted molar refractivity (Wildman–Crippen MR) is 76.7 cm³/mol. The average molecular weight is 320 g/mol. The Bertz CT molecular complexity index is 790. The zero-order valence-electron chi connectivity index (χ0n) is 10.1. The Morgan fingerprint density at radius 1 is 1.32 bits per heavy atom. The summed E-state index contributed by atoms with van der Waals surface area (Å²) in [5, 5.41) is 3.17. The van der Waals surface area contributed by atoms with Crippen molar-refractivity contribution in [3.8, 4) is 0 Å². The largest absolute Gasteiger partial charge is 0.419 e. The quantitative estimate of drug-likeness (QED) is 0.788. The number of hydrogen-bond acceptors (Lipinski definition) is 4. The third-order valence-electron chi connectivity index (χ3n) is 2.79. The second-order valence-corrected chi connectivity index (χ2v) is 5.01. The van der Waals surface area contributed by atoms with Crippen LogP contribution in [-0.4, -0.2) is 9.55 Å². The van der Waals surface area contributed by atoms with Crippen molar-refractivity contribution >= 4 is 38.5 Å². The molecule has 0 amide bonds. The summed E-state index contributed by atoms with van der Waals surface area (Å²) in [4.78, 5) is 15.6. The van der Waals surface area contributed by atoms with Gasteiger partial charge in [0.2, 0.25) is 0 Å². The summed E-state index contributed by atoms with van der Waals surface area (Å²) in [5.41, 5.74) is 2.16. The molecule has 0 aliphatic rings. The molecule has 0 atom stereocenters. The number of nitrogens with zero attached hydrogens (tertiary/aromatic N) is 2. The van der Waals surface area contributed by atoms with E-state index in [0.29, 0.717) is 5.58 Å². The number of aromatic nitrogens is 2. The molecule has 0 saturated heterocycles. The molecule has 2 aromatic heterocycles. The van der Waals surface area contributed by atoms with Gasteiger partial charge in [-0.2, -0.15) is 0 Å². The standard InChI is InChI=1S/C13H10BrN3O2/c1-17-10-6-9(3-4-11(10)19-13(17)18)16-12-5-2-8(14)7-15-12/h2-7H,1H3,(H,15,16). The first kappa shape index (κ1) is 12.0. The molecule has 0 radical (unpaired) electrons. The van der Waals surface area contributed by atoms with E-state index in [4.69, 9.17) is 4.42 Å². The Balaban J connectivity index is 1.99. The van der Waals surface area contributed by atoms with Crippen LogP contribution in [0.5, 0.6) is 0 Å². The Morgan fingerprint density at radius 3 is 2.89 bits per heavy atom. The van der Waals surface area contributed by atoms with Crippen LogP contribution in [0.4, 0.5) is 11.5 Å². The first-order valence-electron chi connectivity index (χ1n) is 5.61. The molecule has 0 spiro atoms. The number of rotatable bonds is 2. The Morgan fingerprint density at radius 2 is 2.16 bits per heavy atom. The number of hydrogen-bond donors (Lipinski definition) is 1. The number of pyridine rings is 1. The summed E-state index contributed by atoms with van der Waals surface area (Å²) in [5.74, 6) is 0.366. The van der Waals surface area contributed by atoms with Gasteiger partial charge in [0.15, 0.2) is 5.58 Å². The van der Waals surface area contributed by atoms with Gasteiger partial charge in [-0.3, -0.25) is 4.57 Å². The van der Waals surface area contributed by atoms with E-state index in [-0.39, 0.29) is 5.76 Å². The molecule has 3 aromatic rings. The van der Waals surface area contributed by atoms with Crippen LogP contribution in [0.1, 0.15) is 0 Å². The lowest BCUT2D eigenvalue weighted by Crippen LogP contribution is -2.08. The van der Waals surface area contributed by atoms with Crippen molar-refractivity contribution in [1.82, 2.24) is 9.55 Å². The molecule has 0 bridgehead atoms. The number of aryl methyl sites for hydroxylation is 1. The molecule has 5 nitrogen and oxygen atoms in total. The highest BCUT2D eigenvalue weighted by Gasteiger charge is 2.06. The van der Waals surface area contributed by atoms with Crippen molar-refractivity contribution in [2.24, 2.45) is 7.05 Å². The van der Waals surface area contributed by atoms with Gasteiger partial charge >= 0.3 is 5.76 Å². The van der Waals surface area contributed by atoms with Gasteiger partial charge in [-0.05, 0) is 46.3 Å². The minimum atomic E-state index is -0.367. The highest BCUT2D eigenvalue weighted by molar-refractivity contribution is 9.10. The minimum Gasteiger partial charge on any atom is -0.408 e. The molecule has 2 heterocycles. The first-order chi connectivity index (χ1) is 9.13. The van der Waals surface area contributed by atoms with E-state index in [1.54, 1.807) is 19.3 Å². The Kier molecular flexibility index (Phi) is 2.87. The zero-order valence-corrected chi connectivity index (χ0v) is 11.6. The molecule has 3 rings (SSSR count). The summed E-state index contributed by atoms with van der Waals surface area (Å²) in [6.07, 6.45) is 1.72. The van der Waals surface area contributed by atoms with Gasteiger partial charge in [0.1, 0.15) is 5.82 Å². The van der Waals surface area contributed by atoms with Crippen molar-refractivity contribution in [1.29, 1.82) is 0 Å². The monoisotopic (exact) mass is 319 g/mol. The van der Waals surface area contributed by atoms with Gasteiger partial charge in [0, 0.05) is 23.4 Å². The molecule has 0 aliphatic heterocycles. The fraction of sp³-hybridized carbons (Fsp3) is 0.0769. The van der Waals surface area contributed by atoms with Gasteiger partial charge in [0.05, 0.1) is 5.52 Å². The summed E-state index contributed by atoms with van der Waals surface area (Å²) in [6, 6.07) is 9.22. The van der Waals surface area contributed by atoms with E-state index in [9.17, 15) is 4.79 Å². The second-order valence-electron chi connectivity index (χ2n) is 4.10. The fourth-order valence-electron chi connectivity index (χ4n) is 1.80. The topological polar surface area (TPSA) is 60.1 Å². The van der Waals surface area contributed by atoms with Crippen LogP contribution in [0.25, 0.3) is 11.1 Å². The Hall–Kier alpha value is -2.08. The first-order valence-corrected chi connectivity index (χ1v) is 6.41. The number of benzene rings is 1. The van der Waals surface area contributed by atoms with Crippen molar-refractivity contribution in [3.63, 3.8) is 0 Å². The number of anilines is 2. The molecule has 96 valence electrons. The molecule has 1 aromatic carbocycles. The summed E-state index contributed by atoms with van der Waals surface area (Å²) in [7, 11) is 1.68. The second kappa shape index (κ2) is 4.55. The zero-order chi connectivity index (χ0) is 13.4. The fourth-order valence-corrected chi connectivity index (χ4v) is 2.04. The maximum atomic E-state index is 11.4. The number of oxazole rings is 1. The smallest absolute Gasteiger partial charge is 0.408 e. The van der Waals surface area contributed by atoms with Gasteiger partial charge in [-0.25, -0.2) is 9.78 Å². The lowest BCUT2D eigenvalue weighted by Gasteiger charge is -2.05. The maximum Gasteiger partial charge on any atom is 0.419 e. The van der Waals surface area contributed by atoms with Crippen LogP contribution >= 0.6 is 15.9 Å². The van der Waals surface area contributed by atoms with E-state index in [2.05, 4.69) is 26.2 Å². The third-order valence-corrected chi connectivity index (χ3v) is 3.26. The van der Waals surface area contributed by atoms with Gasteiger partial charge in [0.25, 0.3) is 0 Å². The van der Waals surface area contributed by atoms with Crippen LogP contribution in [0.2, 0.25) is 0 Å². The van der Waals surface area contributed by atoms with E-state index in [0.717, 1.165) is 21.5 Å². The highest BCUT2D eigenvalue weighted by Crippen LogP contribution is 2.21. The summed E-state index contributed by atoms with van der Waals surface area (Å²) in [6.45, 7) is 0. The van der Waals surface area contributed by atoms with Crippen molar-refractivity contribution in [2.45, 2.75) is 0 Å². The van der Waals surface area contributed by atoms with E-state index >= 15 is 0 Å². The minimum absolute atomic E-state index is 0.367. The lowest BCUT2D eigenvalue weighted by molar-refractivity contribution is 0.528. The van der Waals surface area contributed by atoms with Crippen LogP contribution in [0.15, 0.2) is 50.2 Å². The summed E-state index contributed by atoms with van der Waals surface area (Å²) < 4.78 is 7.47. The molecule has 0 fully saturated rings. The van der Waals surface area contributed by atoms with Crippen LogP contribution < -0.4 is 11.1 Å². The molecule has 1 N–H and O–H groups in total. The lowest BCUT2D eigenvalue weighted by atomic mass is 10.3. The number of halogens is 1. The Labute approximate surface area is 117 Å². The molecule has 6 heteroatoms. The van der Waals surface area contributed by atoms with Gasteiger partial charge in [-0.1, -0.05) is 0 Å². The van der Waals surface area contributed by atoms with E-state index < -0.39 is 0 Å². The molecule has 0 saturated carbocycles. The highest BCUT2D eigenvalue weighted by atomic mass is 79.9. The predicted octanol–water partition coefficient (Wildman–Crippen LogP) is 3.03. The van der Waals surface area contributed by atoms with Crippen molar-refractivity contribution < 1.29 is 4.42 Å². The van der Waals surface area contributed by atoms with E-state index in [1.807, 2.05) is 24.3 Å². The number of nitrogens with one attached hydrogen (secondary N) is 1. The van der Waals surface area contributed by atoms with Crippen molar-refractivity contribution in [3.05, 3.63) is 51.6 Å². The molecule has 0 unspecified atom stereocenters. The van der Waals surface area contributed by atoms with Gasteiger partial charge < -0.3 is 9.73 Å². The summed E-state index contributed by atoms with van der Waals surface area (Å²) >= 11 is 3.33. The molecular weight excluding hydrogens is 310 g/mol. The molecule has 19 heavy (non-hydrogen) atoms. The molecule has 0 aliphatic carbocycles. The van der Waals surface area contributed by atoms with Gasteiger partial charge in [-0.15, -0.1) is 0 Å². The van der Waals surface area contributed by atoms with Crippen LogP contribution in [0.3, 0.4) is 0 Å². The van der Waals surface area contributed by atoms with Crippen molar-refractivity contribution in [2.75, 3.05) is 5.32 Å². The normalized spacial score (nSPS) is 10.8. The van der Waals surface area contributed by atoms with Crippen LogP contribution in [-0.2, 0) is 7.05 Å².